The van der Waals surface area contributed by atoms with Gasteiger partial charge < -0.3 is 25.6 Å². The number of nitrogens with zero attached hydrogens (tertiary/aromatic N) is 3. The van der Waals surface area contributed by atoms with E-state index in [2.05, 4.69) is 16.3 Å². The van der Waals surface area contributed by atoms with Crippen LogP contribution >= 0.6 is 0 Å². The molecule has 0 aliphatic carbocycles. The molecule has 156 valence electrons. The van der Waals surface area contributed by atoms with Gasteiger partial charge in [0.15, 0.2) is 0 Å². The molecule has 3 aliphatic rings. The number of hydrogen-bond donors (Lipinski definition) is 2. The minimum atomic E-state index is -0.316. The molecule has 2 fully saturated rings. The SMILES string of the molecule is CC(=O)NCCC1OC(=O)N2c3ccc(N4CCN(C(=O)CN)CC4)cc3C[C@@H]12. The van der Waals surface area contributed by atoms with E-state index in [1.165, 1.54) is 6.92 Å². The molecule has 0 aromatic heterocycles. The fraction of sp³-hybridized carbons (Fsp3) is 0.550. The largest absolute Gasteiger partial charge is 0.444 e. The quantitative estimate of drug-likeness (QED) is 0.723. The smallest absolute Gasteiger partial charge is 0.415 e. The number of anilines is 2. The zero-order valence-corrected chi connectivity index (χ0v) is 16.6. The number of fused-ring (bicyclic) bond motifs is 3. The molecular formula is C20H27N5O4. The van der Waals surface area contributed by atoms with Crippen LogP contribution < -0.4 is 20.9 Å². The molecule has 3 heterocycles. The van der Waals surface area contributed by atoms with Crippen LogP contribution in [-0.4, -0.2) is 74.2 Å². The van der Waals surface area contributed by atoms with Gasteiger partial charge in [0, 0.05) is 51.8 Å². The predicted molar refractivity (Wildman–Crippen MR) is 108 cm³/mol. The molecule has 1 aromatic rings. The number of rotatable bonds is 5. The normalized spacial score (nSPS) is 23.0. The Bertz CT molecular complexity index is 821. The summed E-state index contributed by atoms with van der Waals surface area (Å²) in [5, 5.41) is 2.76. The maximum absolute atomic E-state index is 12.4. The third kappa shape index (κ3) is 3.74. The first-order valence-corrected chi connectivity index (χ1v) is 10.1. The molecule has 0 saturated carbocycles. The first-order chi connectivity index (χ1) is 14.0. The van der Waals surface area contributed by atoms with Gasteiger partial charge in [-0.25, -0.2) is 4.79 Å². The number of hydrogen-bond acceptors (Lipinski definition) is 6. The monoisotopic (exact) mass is 401 g/mol. The van der Waals surface area contributed by atoms with Gasteiger partial charge in [-0.15, -0.1) is 0 Å². The number of cyclic esters (lactones) is 1. The van der Waals surface area contributed by atoms with E-state index in [1.54, 1.807) is 9.80 Å². The number of piperazine rings is 1. The second-order valence-corrected chi connectivity index (χ2v) is 7.72. The molecule has 3 aliphatic heterocycles. The molecule has 9 nitrogen and oxygen atoms in total. The van der Waals surface area contributed by atoms with Gasteiger partial charge in [0.1, 0.15) is 6.10 Å². The first kappa shape index (κ1) is 19.5. The van der Waals surface area contributed by atoms with Crippen molar-refractivity contribution in [3.8, 4) is 0 Å². The van der Waals surface area contributed by atoms with Crippen molar-refractivity contribution in [1.82, 2.24) is 10.2 Å². The maximum atomic E-state index is 12.4. The Kier molecular flexibility index (Phi) is 5.31. The van der Waals surface area contributed by atoms with Gasteiger partial charge >= 0.3 is 6.09 Å². The van der Waals surface area contributed by atoms with Gasteiger partial charge in [-0.1, -0.05) is 0 Å². The summed E-state index contributed by atoms with van der Waals surface area (Å²) in [5.74, 6) is -0.0955. The van der Waals surface area contributed by atoms with Crippen LogP contribution in [-0.2, 0) is 20.7 Å². The number of ether oxygens (including phenoxy) is 1. The second kappa shape index (κ2) is 7.90. The molecular weight excluding hydrogens is 374 g/mol. The molecule has 0 radical (unpaired) electrons. The van der Waals surface area contributed by atoms with Crippen molar-refractivity contribution in [3.05, 3.63) is 23.8 Å². The third-order valence-corrected chi connectivity index (χ3v) is 5.94. The highest BCUT2D eigenvalue weighted by Gasteiger charge is 2.47. The summed E-state index contributed by atoms with van der Waals surface area (Å²) in [7, 11) is 0. The Hall–Kier alpha value is -2.81. The number of benzene rings is 1. The number of nitrogens with one attached hydrogen (secondary N) is 1. The lowest BCUT2D eigenvalue weighted by Gasteiger charge is -2.36. The van der Waals surface area contributed by atoms with Crippen molar-refractivity contribution in [2.45, 2.75) is 31.9 Å². The summed E-state index contributed by atoms with van der Waals surface area (Å²) in [6, 6.07) is 6.13. The van der Waals surface area contributed by atoms with Crippen molar-refractivity contribution < 1.29 is 19.1 Å². The minimum absolute atomic E-state index is 0.0111. The highest BCUT2D eigenvalue weighted by molar-refractivity contribution is 5.94. The fourth-order valence-electron chi connectivity index (χ4n) is 4.44. The molecule has 0 bridgehead atoms. The van der Waals surface area contributed by atoms with Crippen molar-refractivity contribution in [1.29, 1.82) is 0 Å². The van der Waals surface area contributed by atoms with Crippen molar-refractivity contribution in [3.63, 3.8) is 0 Å². The zero-order chi connectivity index (χ0) is 20.5. The van der Waals surface area contributed by atoms with E-state index >= 15 is 0 Å². The van der Waals surface area contributed by atoms with Gasteiger partial charge in [-0.2, -0.15) is 0 Å². The van der Waals surface area contributed by atoms with Crippen LogP contribution in [0, 0.1) is 0 Å². The van der Waals surface area contributed by atoms with Crippen molar-refractivity contribution in [2.75, 3.05) is 49.1 Å². The van der Waals surface area contributed by atoms with E-state index in [1.807, 2.05) is 12.1 Å². The lowest BCUT2D eigenvalue weighted by molar-refractivity contribution is -0.130. The van der Waals surface area contributed by atoms with E-state index in [0.717, 1.165) is 36.4 Å². The standard InChI is InChI=1S/C20H27N5O4/c1-13(26)22-5-4-18-17-11-14-10-15(2-3-16(14)25(17)20(28)29-18)23-6-8-24(9-7-23)19(27)12-21/h2-3,10,17-18H,4-9,11-12,21H2,1H3,(H,22,26)/t17-,18?/m0/s1. The number of amides is 3. The lowest BCUT2D eigenvalue weighted by Crippen LogP contribution is -2.50. The molecule has 29 heavy (non-hydrogen) atoms. The second-order valence-electron chi connectivity index (χ2n) is 7.72. The number of carbonyl (C=O) groups is 3. The van der Waals surface area contributed by atoms with E-state index < -0.39 is 0 Å². The van der Waals surface area contributed by atoms with Gasteiger partial charge in [-0.3, -0.25) is 14.5 Å². The summed E-state index contributed by atoms with van der Waals surface area (Å²) in [5.41, 5.74) is 8.60. The van der Waals surface area contributed by atoms with Crippen LogP contribution in [0.25, 0.3) is 0 Å². The summed E-state index contributed by atoms with van der Waals surface area (Å²) in [4.78, 5) is 41.1. The molecule has 2 atom stereocenters. The highest BCUT2D eigenvalue weighted by atomic mass is 16.6. The summed E-state index contributed by atoms with van der Waals surface area (Å²) < 4.78 is 5.54. The first-order valence-electron chi connectivity index (χ1n) is 10.1. The molecule has 1 unspecified atom stereocenters. The van der Waals surface area contributed by atoms with Gasteiger partial charge in [0.05, 0.1) is 18.3 Å². The van der Waals surface area contributed by atoms with Crippen LogP contribution in [0.4, 0.5) is 16.2 Å². The van der Waals surface area contributed by atoms with E-state index in [4.69, 9.17) is 10.5 Å². The van der Waals surface area contributed by atoms with Crippen LogP contribution in [0.3, 0.4) is 0 Å². The fourth-order valence-corrected chi connectivity index (χ4v) is 4.44. The van der Waals surface area contributed by atoms with Crippen LogP contribution in [0.1, 0.15) is 18.9 Å². The Balaban J connectivity index is 1.43. The summed E-state index contributed by atoms with van der Waals surface area (Å²) >= 11 is 0. The van der Waals surface area contributed by atoms with E-state index in [9.17, 15) is 14.4 Å². The maximum Gasteiger partial charge on any atom is 0.415 e. The summed E-state index contributed by atoms with van der Waals surface area (Å²) in [6.45, 7) is 4.88. The van der Waals surface area contributed by atoms with Crippen LogP contribution in [0.15, 0.2) is 18.2 Å². The van der Waals surface area contributed by atoms with E-state index in [-0.39, 0.29) is 36.6 Å². The molecule has 2 saturated heterocycles. The Morgan fingerprint density at radius 1 is 1.24 bits per heavy atom. The molecule has 4 rings (SSSR count). The zero-order valence-electron chi connectivity index (χ0n) is 16.6. The molecule has 9 heteroatoms. The third-order valence-electron chi connectivity index (χ3n) is 5.94. The minimum Gasteiger partial charge on any atom is -0.444 e. The highest BCUT2D eigenvalue weighted by Crippen LogP contribution is 2.41. The predicted octanol–water partition coefficient (Wildman–Crippen LogP) is 0.0700. The Morgan fingerprint density at radius 2 is 2.00 bits per heavy atom. The summed E-state index contributed by atoms with van der Waals surface area (Å²) in [6.07, 6.45) is 0.801. The average molecular weight is 401 g/mol. The molecule has 0 spiro atoms. The Morgan fingerprint density at radius 3 is 2.69 bits per heavy atom. The number of nitrogens with two attached hydrogens (primary N) is 1. The lowest BCUT2D eigenvalue weighted by atomic mass is 10.0. The number of carbonyl (C=O) groups excluding carboxylic acids is 3. The van der Waals surface area contributed by atoms with Gasteiger partial charge in [-0.05, 0) is 30.2 Å². The van der Waals surface area contributed by atoms with Crippen LogP contribution in [0.2, 0.25) is 0 Å². The van der Waals surface area contributed by atoms with Gasteiger partial charge in [0.2, 0.25) is 11.8 Å². The van der Waals surface area contributed by atoms with Gasteiger partial charge in [0.25, 0.3) is 0 Å². The van der Waals surface area contributed by atoms with Crippen LogP contribution in [0.5, 0.6) is 0 Å². The topological polar surface area (TPSA) is 108 Å². The Labute approximate surface area is 169 Å². The van der Waals surface area contributed by atoms with Crippen molar-refractivity contribution >= 4 is 29.3 Å². The molecule has 1 aromatic carbocycles. The van der Waals surface area contributed by atoms with Crippen molar-refractivity contribution in [2.24, 2.45) is 5.73 Å². The average Bonchev–Trinajstić information content (AvgIpc) is 3.24. The molecule has 3 amide bonds. The van der Waals surface area contributed by atoms with E-state index in [0.29, 0.717) is 26.1 Å². The molecule has 3 N–H and O–H groups in total.